The molecular formula is C88H50N12. The van der Waals surface area contributed by atoms with Gasteiger partial charge in [0.15, 0.2) is 34.9 Å². The van der Waals surface area contributed by atoms with Crippen LogP contribution in [-0.2, 0) is 0 Å². The van der Waals surface area contributed by atoms with Crippen LogP contribution in [0, 0.1) is 45.3 Å². The zero-order chi connectivity index (χ0) is 67.2. The zero-order valence-electron chi connectivity index (χ0n) is 53.2. The average Bonchev–Trinajstić information content (AvgIpc) is 1.58. The predicted molar refractivity (Wildman–Crippen MR) is 395 cm³/mol. The second-order valence-electron chi connectivity index (χ2n) is 24.4. The first kappa shape index (κ1) is 59.2. The fourth-order valence-electron chi connectivity index (χ4n) is 13.6. The summed E-state index contributed by atoms with van der Waals surface area (Å²) in [6.07, 6.45) is 0. The maximum absolute atomic E-state index is 10.00. The first-order chi connectivity index (χ1) is 49.3. The fourth-order valence-corrected chi connectivity index (χ4v) is 13.6. The molecule has 462 valence electrons. The van der Waals surface area contributed by atoms with E-state index in [4.69, 9.17) is 29.9 Å². The van der Waals surface area contributed by atoms with Crippen molar-refractivity contribution in [1.29, 1.82) is 21.0 Å². The molecule has 17 rings (SSSR count). The summed E-state index contributed by atoms with van der Waals surface area (Å²) < 4.78 is 4.56. The summed E-state index contributed by atoms with van der Waals surface area (Å²) in [4.78, 5) is 31.6. The van der Waals surface area contributed by atoms with E-state index in [9.17, 15) is 21.0 Å². The number of nitrogens with zero attached hydrogens (tertiary/aromatic N) is 12. The smallest absolute Gasteiger partial charge is 0.166 e. The molecule has 100 heavy (non-hydrogen) atoms. The highest BCUT2D eigenvalue weighted by molar-refractivity contribution is 6.12. The van der Waals surface area contributed by atoms with Gasteiger partial charge in [-0.15, -0.1) is 0 Å². The molecular weight excluding hydrogens is 1230 g/mol. The summed E-state index contributed by atoms with van der Waals surface area (Å²) in [5.74, 6) is 3.08. The molecule has 0 unspecified atom stereocenters. The molecule has 0 aliphatic heterocycles. The summed E-state index contributed by atoms with van der Waals surface area (Å²) in [6.45, 7) is 0. The van der Waals surface area contributed by atoms with Crippen LogP contribution in [0.25, 0.3) is 168 Å². The number of hydrogen-bond donors (Lipinski definition) is 0. The topological polar surface area (TPSA) is 182 Å². The Hall–Kier alpha value is -14.6. The van der Waals surface area contributed by atoms with Gasteiger partial charge in [-0.3, -0.25) is 0 Å². The van der Waals surface area contributed by atoms with Gasteiger partial charge < -0.3 is 9.13 Å². The molecule has 0 aliphatic carbocycles. The molecule has 0 radical (unpaired) electrons. The second kappa shape index (κ2) is 25.0. The minimum Gasteiger partial charge on any atom is -0.309 e. The lowest BCUT2D eigenvalue weighted by Crippen LogP contribution is -2.04. The molecule has 0 spiro atoms. The summed E-state index contributed by atoms with van der Waals surface area (Å²) in [7, 11) is 0. The van der Waals surface area contributed by atoms with Crippen LogP contribution < -0.4 is 0 Å². The van der Waals surface area contributed by atoms with Gasteiger partial charge in [-0.05, 0) is 154 Å². The van der Waals surface area contributed by atoms with Crippen LogP contribution in [0.4, 0.5) is 0 Å². The number of rotatable bonds is 12. The summed E-state index contributed by atoms with van der Waals surface area (Å²) >= 11 is 0. The van der Waals surface area contributed by atoms with E-state index in [1.165, 1.54) is 0 Å². The minimum absolute atomic E-state index is 0.413. The van der Waals surface area contributed by atoms with Crippen molar-refractivity contribution in [3.63, 3.8) is 0 Å². The molecule has 0 aliphatic rings. The molecule has 12 nitrogen and oxygen atoms in total. The molecule has 0 bridgehead atoms. The highest BCUT2D eigenvalue weighted by Gasteiger charge is 2.24. The standard InChI is InChI=1S/C88H50N12/c89-51-55-38-56(52-90)41-68(40-55)66-33-35-80-75(48-66)73-28-13-15-30-78(73)99(80)72-46-70(45-71(47-72)87-95-83(59-18-5-1-6-19-59)93-84(96-87)60-20-7-2-8-21-60)64-27-17-26-63(44-64)65-32-37-82(77(50-65)88-97-85(61-22-9-3-10-23-61)94-86(98-88)62-24-11-4-12-25-62)100-79-31-16-14-29-74(79)76-49-67(34-36-81(76)100)69-42-57(53-91)39-58(43-69)54-92/h1-50H. The van der Waals surface area contributed by atoms with Gasteiger partial charge in [0.1, 0.15) is 0 Å². The van der Waals surface area contributed by atoms with Crippen LogP contribution in [-0.4, -0.2) is 39.0 Å². The van der Waals surface area contributed by atoms with E-state index in [1.54, 1.807) is 12.1 Å². The third-order valence-electron chi connectivity index (χ3n) is 18.2. The fraction of sp³-hybridized carbons (Fsp3) is 0. The highest BCUT2D eigenvalue weighted by atomic mass is 15.1. The Morgan fingerprint density at radius 3 is 0.990 bits per heavy atom. The second-order valence-corrected chi connectivity index (χ2v) is 24.4. The van der Waals surface area contributed by atoms with Gasteiger partial charge in [0.2, 0.25) is 0 Å². The van der Waals surface area contributed by atoms with Crippen molar-refractivity contribution >= 4 is 43.6 Å². The Kier molecular flexibility index (Phi) is 14.8. The predicted octanol–water partition coefficient (Wildman–Crippen LogP) is 20.4. The Morgan fingerprint density at radius 1 is 0.210 bits per heavy atom. The van der Waals surface area contributed by atoms with Crippen LogP contribution >= 0.6 is 0 Å². The number of benzene rings is 13. The SMILES string of the molecule is N#Cc1cc(C#N)cc(-c2ccc3c(c2)c2ccccc2n3-c2cc(-c3cccc(-c4ccc(-n5c6ccccc6c6cc(-c7cc(C#N)cc(C#N)c7)ccc65)c(-c5nc(-c6ccccc6)nc(-c6ccccc6)n5)c4)c3)cc(-c3nc(-c4ccccc4)nc(-c4ccccc4)n3)c2)c1. The van der Waals surface area contributed by atoms with E-state index in [-0.39, 0.29) is 0 Å². The molecule has 4 aromatic heterocycles. The molecule has 13 aromatic carbocycles. The van der Waals surface area contributed by atoms with Crippen LogP contribution in [0.15, 0.2) is 303 Å². The zero-order valence-corrected chi connectivity index (χ0v) is 53.2. The maximum atomic E-state index is 10.00. The number of hydrogen-bond acceptors (Lipinski definition) is 10. The Bertz CT molecular complexity index is 6150. The molecule has 0 saturated heterocycles. The monoisotopic (exact) mass is 1270 g/mol. The van der Waals surface area contributed by atoms with Crippen molar-refractivity contribution in [2.24, 2.45) is 0 Å². The summed E-state index contributed by atoms with van der Waals surface area (Å²) in [5.41, 5.74) is 19.0. The van der Waals surface area contributed by atoms with Gasteiger partial charge in [0, 0.05) is 60.6 Å². The van der Waals surface area contributed by atoms with Crippen molar-refractivity contribution < 1.29 is 0 Å². The first-order valence-electron chi connectivity index (χ1n) is 32.4. The van der Waals surface area contributed by atoms with Crippen molar-refractivity contribution in [3.8, 4) is 148 Å². The molecule has 17 aromatic rings. The van der Waals surface area contributed by atoms with Crippen molar-refractivity contribution in [2.75, 3.05) is 0 Å². The number of fused-ring (bicyclic) bond motifs is 6. The average molecular weight is 1280 g/mol. The van der Waals surface area contributed by atoms with Gasteiger partial charge in [0.25, 0.3) is 0 Å². The molecule has 0 fully saturated rings. The van der Waals surface area contributed by atoms with Crippen molar-refractivity contribution in [3.05, 3.63) is 326 Å². The van der Waals surface area contributed by atoms with E-state index in [0.29, 0.717) is 57.2 Å². The van der Waals surface area contributed by atoms with Gasteiger partial charge in [-0.2, -0.15) is 21.0 Å². The first-order valence-corrected chi connectivity index (χ1v) is 32.4. The highest BCUT2D eigenvalue weighted by Crippen LogP contribution is 2.43. The van der Waals surface area contributed by atoms with E-state index in [2.05, 4.69) is 155 Å². The molecule has 0 saturated carbocycles. The number of nitriles is 4. The largest absolute Gasteiger partial charge is 0.309 e. The van der Waals surface area contributed by atoms with Gasteiger partial charge in [-0.25, -0.2) is 29.9 Å². The third-order valence-corrected chi connectivity index (χ3v) is 18.2. The van der Waals surface area contributed by atoms with E-state index < -0.39 is 0 Å². The molecule has 12 heteroatoms. The molecule has 0 amide bonds. The van der Waals surface area contributed by atoms with Crippen LogP contribution in [0.2, 0.25) is 0 Å². The van der Waals surface area contributed by atoms with Crippen LogP contribution in [0.1, 0.15) is 22.3 Å². The number of para-hydroxylation sites is 2. The Morgan fingerprint density at radius 2 is 0.530 bits per heavy atom. The van der Waals surface area contributed by atoms with Crippen molar-refractivity contribution in [2.45, 2.75) is 0 Å². The normalized spacial score (nSPS) is 11.2. The molecule has 4 heterocycles. The lowest BCUT2D eigenvalue weighted by molar-refractivity contribution is 1.06. The minimum atomic E-state index is 0.413. The quantitative estimate of drug-likeness (QED) is 0.114. The summed E-state index contributed by atoms with van der Waals surface area (Å²) in [5, 5.41) is 44.0. The van der Waals surface area contributed by atoms with Crippen molar-refractivity contribution in [1.82, 2.24) is 39.0 Å². The van der Waals surface area contributed by atoms with Crippen LogP contribution in [0.3, 0.4) is 0 Å². The van der Waals surface area contributed by atoms with E-state index >= 15 is 0 Å². The van der Waals surface area contributed by atoms with E-state index in [1.807, 2.05) is 170 Å². The molecule has 0 N–H and O–H groups in total. The number of aromatic nitrogens is 8. The van der Waals surface area contributed by atoms with Crippen LogP contribution in [0.5, 0.6) is 0 Å². The summed E-state index contributed by atoms with van der Waals surface area (Å²) in [6, 6.07) is 110. The van der Waals surface area contributed by atoms with E-state index in [0.717, 1.165) is 133 Å². The lowest BCUT2D eigenvalue weighted by Gasteiger charge is -2.17. The van der Waals surface area contributed by atoms with Gasteiger partial charge in [0.05, 0.1) is 74.3 Å². The molecule has 0 atom stereocenters. The third kappa shape index (κ3) is 10.9. The Labute approximate surface area is 574 Å². The lowest BCUT2D eigenvalue weighted by atomic mass is 9.95. The van der Waals surface area contributed by atoms with Gasteiger partial charge in [-0.1, -0.05) is 194 Å². The maximum Gasteiger partial charge on any atom is 0.166 e. The Balaban J connectivity index is 0.880. The van der Waals surface area contributed by atoms with Gasteiger partial charge >= 0.3 is 0 Å².